The van der Waals surface area contributed by atoms with Crippen LogP contribution in [0.4, 0.5) is 34.1 Å². The molecule has 0 saturated heterocycles. The number of anilines is 6. The topological polar surface area (TPSA) is 6.48 Å². The first-order valence-corrected chi connectivity index (χ1v) is 24.5. The average molecular weight is 847 g/mol. The van der Waals surface area contributed by atoms with Gasteiger partial charge >= 0.3 is 0 Å². The minimum Gasteiger partial charge on any atom is -0.311 e. The maximum Gasteiger partial charge on any atom is 0.264 e. The van der Waals surface area contributed by atoms with Crippen molar-refractivity contribution in [2.45, 2.75) is 150 Å². The molecule has 3 heterocycles. The number of nitrogens with zero attached hydrogens (tertiary/aromatic N) is 2. The van der Waals surface area contributed by atoms with Crippen molar-refractivity contribution < 1.29 is 0 Å². The molecule has 0 amide bonds. The number of hydrogen-bond acceptors (Lipinski definition) is 3. The number of fused-ring (bicyclic) bond motifs is 7. The highest BCUT2D eigenvalue weighted by Gasteiger charge is 2.48. The van der Waals surface area contributed by atoms with Gasteiger partial charge in [-0.05, 0) is 164 Å². The summed E-state index contributed by atoms with van der Waals surface area (Å²) in [6, 6.07) is 34.5. The lowest BCUT2D eigenvalue weighted by Crippen LogP contribution is -2.61. The van der Waals surface area contributed by atoms with Gasteiger partial charge in [-0.1, -0.05) is 139 Å². The fourth-order valence-electron chi connectivity index (χ4n) is 11.0. The molecule has 0 saturated carbocycles. The minimum absolute atomic E-state index is 0.0117. The molecule has 4 aliphatic rings. The molecule has 10 rings (SSSR count). The lowest BCUT2D eigenvalue weighted by atomic mass is 9.35. The van der Waals surface area contributed by atoms with E-state index in [4.69, 9.17) is 0 Å². The van der Waals surface area contributed by atoms with E-state index in [-0.39, 0.29) is 33.8 Å². The summed E-state index contributed by atoms with van der Waals surface area (Å²) in [5.74, 6) is 0. The molecule has 2 nitrogen and oxygen atoms in total. The fourth-order valence-corrected chi connectivity index (χ4v) is 12.3. The van der Waals surface area contributed by atoms with Crippen LogP contribution in [-0.4, -0.2) is 6.71 Å². The van der Waals surface area contributed by atoms with Gasteiger partial charge in [0.05, 0.1) is 11.4 Å². The van der Waals surface area contributed by atoms with Crippen LogP contribution in [0.1, 0.15) is 155 Å². The molecule has 0 unspecified atom stereocenters. The van der Waals surface area contributed by atoms with Gasteiger partial charge in [0.25, 0.3) is 6.71 Å². The SMILES string of the molecule is Cc1cc2c3c(c1)N(c1ccc(C(C)(C)C)cc1C1=CCCC=C1)c1c(sc4ccc(C(C)(C)C)cc14)B3c1cc3c(cc1N2c1ccc(C(C)(C)C)cc1)C(C)(C)CCC3(C)C. The standard InChI is InChI=1S/C59H67BN2S/c1-36-30-49-52-50(31-36)62(47-26-22-39(56(5,6)7)32-42(47)37-18-16-15-17-19-37)53-43-33-40(57(8,9)10)23-27-51(43)63-54(53)60(52)46-34-44-45(59(13,14)29-28-58(44,11)12)35-48(46)61(49)41-24-20-38(21-25-41)55(2,3)4/h16,18-27,30-35H,15,17,28-29H2,1-14H3. The first-order chi connectivity index (χ1) is 29.5. The number of hydrogen-bond donors (Lipinski definition) is 0. The van der Waals surface area contributed by atoms with E-state index in [0.717, 1.165) is 12.8 Å². The van der Waals surface area contributed by atoms with Gasteiger partial charge in [-0.25, -0.2) is 0 Å². The lowest BCUT2D eigenvalue weighted by molar-refractivity contribution is 0.332. The van der Waals surface area contributed by atoms with E-state index < -0.39 is 0 Å². The summed E-state index contributed by atoms with van der Waals surface area (Å²) in [5, 5.41) is 1.36. The number of thiophene rings is 1. The summed E-state index contributed by atoms with van der Waals surface area (Å²) in [4.78, 5) is 5.36. The number of rotatable bonds is 3. The van der Waals surface area contributed by atoms with Gasteiger partial charge in [0.2, 0.25) is 0 Å². The van der Waals surface area contributed by atoms with Crippen molar-refractivity contribution in [1.82, 2.24) is 0 Å². The van der Waals surface area contributed by atoms with E-state index in [2.05, 4.69) is 210 Å². The predicted octanol–water partition coefficient (Wildman–Crippen LogP) is 15.3. The van der Waals surface area contributed by atoms with Crippen LogP contribution < -0.4 is 25.5 Å². The molecule has 0 spiro atoms. The van der Waals surface area contributed by atoms with Crippen LogP contribution in [0.2, 0.25) is 0 Å². The Hall–Kier alpha value is -4.80. The molecule has 5 aromatic carbocycles. The van der Waals surface area contributed by atoms with Gasteiger partial charge in [-0.2, -0.15) is 0 Å². The summed E-state index contributed by atoms with van der Waals surface area (Å²) in [5.41, 5.74) is 21.9. The number of benzene rings is 5. The van der Waals surface area contributed by atoms with Gasteiger partial charge in [-0.3, -0.25) is 0 Å². The van der Waals surface area contributed by atoms with Crippen LogP contribution in [-0.2, 0) is 27.1 Å². The molecule has 63 heavy (non-hydrogen) atoms. The summed E-state index contributed by atoms with van der Waals surface area (Å²) in [6.07, 6.45) is 11.7. The first kappa shape index (κ1) is 42.2. The van der Waals surface area contributed by atoms with Crippen molar-refractivity contribution in [3.8, 4) is 0 Å². The average Bonchev–Trinajstić information content (AvgIpc) is 3.60. The Labute approximate surface area is 383 Å². The Kier molecular flexibility index (Phi) is 9.44. The third-order valence-corrected chi connectivity index (χ3v) is 16.3. The molecule has 6 aromatic rings. The van der Waals surface area contributed by atoms with E-state index in [0.29, 0.717) is 0 Å². The Morgan fingerprint density at radius 1 is 0.587 bits per heavy atom. The largest absolute Gasteiger partial charge is 0.311 e. The van der Waals surface area contributed by atoms with Gasteiger partial charge in [0, 0.05) is 43.2 Å². The van der Waals surface area contributed by atoms with Crippen LogP contribution in [0, 0.1) is 6.92 Å². The first-order valence-electron chi connectivity index (χ1n) is 23.7. The maximum atomic E-state index is 2.71. The van der Waals surface area contributed by atoms with Crippen molar-refractivity contribution in [3.63, 3.8) is 0 Å². The van der Waals surface area contributed by atoms with Crippen molar-refractivity contribution in [2.24, 2.45) is 0 Å². The second-order valence-electron chi connectivity index (χ2n) is 23.7. The van der Waals surface area contributed by atoms with Crippen LogP contribution >= 0.6 is 11.3 Å². The molecule has 2 aliphatic heterocycles. The zero-order valence-corrected chi connectivity index (χ0v) is 41.3. The highest BCUT2D eigenvalue weighted by molar-refractivity contribution is 7.33. The van der Waals surface area contributed by atoms with E-state index in [9.17, 15) is 0 Å². The molecule has 0 bridgehead atoms. The summed E-state index contributed by atoms with van der Waals surface area (Å²) >= 11 is 2.02. The Bertz CT molecular complexity index is 2910. The second kappa shape index (κ2) is 14.1. The third kappa shape index (κ3) is 6.79. The van der Waals surface area contributed by atoms with Gasteiger partial charge in [0.1, 0.15) is 0 Å². The predicted molar refractivity (Wildman–Crippen MR) is 278 cm³/mol. The zero-order valence-electron chi connectivity index (χ0n) is 40.5. The molecular formula is C59H67BN2S. The molecule has 322 valence electrons. The molecular weight excluding hydrogens is 780 g/mol. The van der Waals surface area contributed by atoms with Gasteiger partial charge in [0.15, 0.2) is 0 Å². The normalized spacial score (nSPS) is 17.6. The molecule has 0 radical (unpaired) electrons. The van der Waals surface area contributed by atoms with E-state index >= 15 is 0 Å². The molecule has 1 aromatic heterocycles. The van der Waals surface area contributed by atoms with Crippen molar-refractivity contribution in [2.75, 3.05) is 9.80 Å². The van der Waals surface area contributed by atoms with Crippen molar-refractivity contribution >= 4 is 83.5 Å². The van der Waals surface area contributed by atoms with Crippen molar-refractivity contribution in [1.29, 1.82) is 0 Å². The Morgan fingerprint density at radius 2 is 1.17 bits per heavy atom. The highest BCUT2D eigenvalue weighted by atomic mass is 32.1. The zero-order chi connectivity index (χ0) is 44.8. The maximum absolute atomic E-state index is 2.71. The molecule has 0 fully saturated rings. The number of allylic oxidation sites excluding steroid dienone is 4. The lowest BCUT2D eigenvalue weighted by Gasteiger charge is -2.47. The fraction of sp³-hybridized carbons (Fsp3) is 0.390. The third-order valence-electron chi connectivity index (χ3n) is 15.0. The van der Waals surface area contributed by atoms with Crippen molar-refractivity contribution in [3.05, 3.63) is 142 Å². The van der Waals surface area contributed by atoms with Gasteiger partial charge < -0.3 is 9.80 Å². The van der Waals surface area contributed by atoms with E-state index in [1.165, 1.54) is 117 Å². The molecule has 2 aliphatic carbocycles. The van der Waals surface area contributed by atoms with Crippen LogP contribution in [0.15, 0.2) is 103 Å². The summed E-state index contributed by atoms with van der Waals surface area (Å²) in [6.45, 7) is 33.4. The summed E-state index contributed by atoms with van der Waals surface area (Å²) in [7, 11) is 0. The molecule has 0 atom stereocenters. The van der Waals surface area contributed by atoms with Crippen LogP contribution in [0.5, 0.6) is 0 Å². The highest BCUT2D eigenvalue weighted by Crippen LogP contribution is 2.53. The van der Waals surface area contributed by atoms with Gasteiger partial charge in [-0.15, -0.1) is 11.3 Å². The molecule has 4 heteroatoms. The van der Waals surface area contributed by atoms with E-state index in [1.807, 2.05) is 11.3 Å². The quantitative estimate of drug-likeness (QED) is 0.163. The number of aryl methyl sites for hydroxylation is 1. The Morgan fingerprint density at radius 3 is 1.79 bits per heavy atom. The smallest absolute Gasteiger partial charge is 0.264 e. The second-order valence-corrected chi connectivity index (χ2v) is 24.8. The Balaban J connectivity index is 1.35. The monoisotopic (exact) mass is 847 g/mol. The van der Waals surface area contributed by atoms with E-state index in [1.54, 1.807) is 0 Å². The molecule has 0 N–H and O–H groups in total. The van der Waals surface area contributed by atoms with Crippen LogP contribution in [0.25, 0.3) is 15.7 Å². The van der Waals surface area contributed by atoms with Crippen LogP contribution in [0.3, 0.4) is 0 Å². The summed E-state index contributed by atoms with van der Waals surface area (Å²) < 4.78 is 2.80. The minimum atomic E-state index is 0.0117.